The molecule has 1 aliphatic heterocycles. The number of para-hydroxylation sites is 1. The number of aromatic hydroxyl groups is 1. The molecule has 5 rings (SSSR count). The van der Waals surface area contributed by atoms with E-state index in [4.69, 9.17) is 9.84 Å². The Balaban J connectivity index is 1.60. The lowest BCUT2D eigenvalue weighted by Crippen LogP contribution is -2.18. The SMILES string of the molecule is COc1ccc(-c2nn(-c3ccccc3)cc2C=C2SC(=O)NC2=Nc2ccc(O)cc2)cc1. The highest BCUT2D eigenvalue weighted by Gasteiger charge is 2.25. The minimum atomic E-state index is -0.203. The number of nitrogens with zero attached hydrogens (tertiary/aromatic N) is 3. The van der Waals surface area contributed by atoms with Crippen molar-refractivity contribution in [3.05, 3.63) is 95.5 Å². The summed E-state index contributed by atoms with van der Waals surface area (Å²) in [6.45, 7) is 0. The van der Waals surface area contributed by atoms with E-state index in [1.165, 1.54) is 0 Å². The third-order valence-electron chi connectivity index (χ3n) is 5.16. The Morgan fingerprint density at radius 3 is 2.47 bits per heavy atom. The van der Waals surface area contributed by atoms with Crippen molar-refractivity contribution in [2.75, 3.05) is 7.11 Å². The molecule has 8 heteroatoms. The maximum atomic E-state index is 12.2. The van der Waals surface area contributed by atoms with Crippen LogP contribution in [0.3, 0.4) is 0 Å². The summed E-state index contributed by atoms with van der Waals surface area (Å²) < 4.78 is 7.11. The number of carbonyl (C=O) groups is 1. The number of thioether (sulfide) groups is 1. The minimum Gasteiger partial charge on any atom is -0.508 e. The summed E-state index contributed by atoms with van der Waals surface area (Å²) in [6, 6.07) is 24.0. The topological polar surface area (TPSA) is 88.7 Å². The smallest absolute Gasteiger partial charge is 0.289 e. The van der Waals surface area contributed by atoms with Gasteiger partial charge in [0.1, 0.15) is 17.3 Å². The molecule has 34 heavy (non-hydrogen) atoms. The van der Waals surface area contributed by atoms with E-state index < -0.39 is 0 Å². The molecule has 0 aliphatic carbocycles. The zero-order valence-electron chi connectivity index (χ0n) is 18.2. The number of benzene rings is 3. The molecule has 1 saturated heterocycles. The van der Waals surface area contributed by atoms with E-state index >= 15 is 0 Å². The van der Waals surface area contributed by atoms with E-state index in [0.29, 0.717) is 16.4 Å². The van der Waals surface area contributed by atoms with Gasteiger partial charge in [0.25, 0.3) is 5.24 Å². The fourth-order valence-corrected chi connectivity index (χ4v) is 4.22. The van der Waals surface area contributed by atoms with Crippen LogP contribution in [-0.4, -0.2) is 33.1 Å². The molecule has 0 saturated carbocycles. The third kappa shape index (κ3) is 4.57. The Morgan fingerprint density at radius 2 is 1.76 bits per heavy atom. The van der Waals surface area contributed by atoms with E-state index in [9.17, 15) is 9.90 Å². The molecule has 1 fully saturated rings. The molecule has 1 aromatic heterocycles. The number of methoxy groups -OCH3 is 1. The lowest BCUT2D eigenvalue weighted by molar-refractivity contribution is 0.265. The van der Waals surface area contributed by atoms with Crippen LogP contribution in [0.25, 0.3) is 23.0 Å². The van der Waals surface area contributed by atoms with E-state index in [1.54, 1.807) is 31.4 Å². The highest BCUT2D eigenvalue weighted by atomic mass is 32.2. The second-order valence-electron chi connectivity index (χ2n) is 7.44. The number of hydrogen-bond donors (Lipinski definition) is 2. The Labute approximate surface area is 200 Å². The number of nitrogens with one attached hydrogen (secondary N) is 1. The molecule has 0 bridgehead atoms. The van der Waals surface area contributed by atoms with Crippen molar-refractivity contribution in [1.82, 2.24) is 15.1 Å². The first-order chi connectivity index (χ1) is 16.6. The lowest BCUT2D eigenvalue weighted by atomic mass is 10.1. The maximum absolute atomic E-state index is 12.2. The fourth-order valence-electron chi connectivity index (χ4n) is 3.49. The summed E-state index contributed by atoms with van der Waals surface area (Å²) in [6.07, 6.45) is 3.84. The molecule has 1 aliphatic rings. The number of phenols is 1. The number of aromatic nitrogens is 2. The van der Waals surface area contributed by atoms with E-state index in [1.807, 2.05) is 71.6 Å². The molecule has 4 aromatic rings. The first-order valence-corrected chi connectivity index (χ1v) is 11.3. The number of phenolic OH excluding ortho intramolecular Hbond substituents is 1. The predicted molar refractivity (Wildman–Crippen MR) is 135 cm³/mol. The standard InChI is InChI=1S/C26H20N4O3S/c1-33-22-13-7-17(8-14-22)24-18(16-30(29-24)20-5-3-2-4-6-20)15-23-25(28-26(32)34-23)27-19-9-11-21(31)12-10-19/h2-16,31H,1H3,(H,27,28,32). The van der Waals surface area contributed by atoms with E-state index in [2.05, 4.69) is 10.3 Å². The number of hydrogen-bond acceptors (Lipinski definition) is 6. The number of amides is 1. The van der Waals surface area contributed by atoms with Crippen LogP contribution in [0.4, 0.5) is 10.5 Å². The lowest BCUT2D eigenvalue weighted by Gasteiger charge is -2.03. The van der Waals surface area contributed by atoms with Crippen molar-refractivity contribution in [1.29, 1.82) is 0 Å². The normalized spacial score (nSPS) is 15.6. The van der Waals surface area contributed by atoms with Crippen LogP contribution < -0.4 is 10.1 Å². The molecule has 0 radical (unpaired) electrons. The van der Waals surface area contributed by atoms with Gasteiger partial charge >= 0.3 is 0 Å². The molecule has 0 spiro atoms. The molecule has 2 heterocycles. The van der Waals surface area contributed by atoms with Crippen LogP contribution in [0, 0.1) is 0 Å². The summed E-state index contributed by atoms with van der Waals surface area (Å²) in [5.74, 6) is 1.37. The average Bonchev–Trinajstić information content (AvgIpc) is 3.44. The molecule has 0 unspecified atom stereocenters. The molecule has 3 aromatic carbocycles. The molecule has 168 valence electrons. The van der Waals surface area contributed by atoms with Gasteiger partial charge in [0, 0.05) is 17.3 Å². The van der Waals surface area contributed by atoms with Crippen LogP contribution in [0.2, 0.25) is 0 Å². The minimum absolute atomic E-state index is 0.155. The number of amidine groups is 1. The molecule has 2 N–H and O–H groups in total. The van der Waals surface area contributed by atoms with Gasteiger partial charge in [-0.05, 0) is 78.5 Å². The van der Waals surface area contributed by atoms with Crippen molar-refractivity contribution in [3.8, 4) is 28.4 Å². The van der Waals surface area contributed by atoms with Crippen molar-refractivity contribution in [3.63, 3.8) is 0 Å². The van der Waals surface area contributed by atoms with Crippen molar-refractivity contribution < 1.29 is 14.6 Å². The highest BCUT2D eigenvalue weighted by molar-refractivity contribution is 8.18. The first kappa shape index (κ1) is 21.5. The Bertz CT molecular complexity index is 1390. The van der Waals surface area contributed by atoms with Gasteiger partial charge in [-0.3, -0.25) is 4.79 Å². The van der Waals surface area contributed by atoms with Crippen LogP contribution in [0.1, 0.15) is 5.56 Å². The van der Waals surface area contributed by atoms with Crippen LogP contribution in [0.5, 0.6) is 11.5 Å². The second-order valence-corrected chi connectivity index (χ2v) is 8.46. The van der Waals surface area contributed by atoms with Gasteiger partial charge in [0.15, 0.2) is 0 Å². The highest BCUT2D eigenvalue weighted by Crippen LogP contribution is 2.33. The fraction of sp³-hybridized carbons (Fsp3) is 0.0385. The van der Waals surface area contributed by atoms with Crippen LogP contribution in [0.15, 0.2) is 95.0 Å². The predicted octanol–water partition coefficient (Wildman–Crippen LogP) is 5.78. The quantitative estimate of drug-likeness (QED) is 0.388. The average molecular weight is 469 g/mol. The van der Waals surface area contributed by atoms with Gasteiger partial charge in [0.2, 0.25) is 0 Å². The number of carbonyl (C=O) groups excluding carboxylic acids is 1. The van der Waals surface area contributed by atoms with Gasteiger partial charge in [-0.2, -0.15) is 5.10 Å². The second kappa shape index (κ2) is 9.29. The van der Waals surface area contributed by atoms with Gasteiger partial charge < -0.3 is 15.2 Å². The summed E-state index contributed by atoms with van der Waals surface area (Å²) >= 11 is 1.08. The largest absolute Gasteiger partial charge is 0.508 e. The van der Waals surface area contributed by atoms with Gasteiger partial charge in [-0.25, -0.2) is 9.67 Å². The van der Waals surface area contributed by atoms with E-state index in [0.717, 1.165) is 40.0 Å². The zero-order chi connectivity index (χ0) is 23.5. The van der Waals surface area contributed by atoms with Crippen molar-refractivity contribution in [2.24, 2.45) is 4.99 Å². The summed E-state index contributed by atoms with van der Waals surface area (Å²) in [7, 11) is 1.63. The van der Waals surface area contributed by atoms with Gasteiger partial charge in [0.05, 0.1) is 29.1 Å². The number of aliphatic imine (C=N–C) groups is 1. The van der Waals surface area contributed by atoms with Crippen molar-refractivity contribution in [2.45, 2.75) is 0 Å². The Hall–Kier alpha value is -4.30. The summed E-state index contributed by atoms with van der Waals surface area (Å²) in [5.41, 5.74) is 4.07. The first-order valence-electron chi connectivity index (χ1n) is 10.5. The molecular formula is C26H20N4O3S. The molecule has 7 nitrogen and oxygen atoms in total. The Kier molecular flexibility index (Phi) is 5.88. The monoisotopic (exact) mass is 468 g/mol. The zero-order valence-corrected chi connectivity index (χ0v) is 19.0. The number of ether oxygens (including phenoxy) is 1. The van der Waals surface area contributed by atoms with Gasteiger partial charge in [-0.15, -0.1) is 0 Å². The summed E-state index contributed by atoms with van der Waals surface area (Å²) in [4.78, 5) is 17.4. The number of rotatable bonds is 5. The molecular weight excluding hydrogens is 448 g/mol. The maximum Gasteiger partial charge on any atom is 0.289 e. The molecule has 1 amide bonds. The molecule has 0 atom stereocenters. The Morgan fingerprint density at radius 1 is 1.03 bits per heavy atom. The van der Waals surface area contributed by atoms with E-state index in [-0.39, 0.29) is 11.0 Å². The third-order valence-corrected chi connectivity index (χ3v) is 5.98. The van der Waals surface area contributed by atoms with Crippen LogP contribution in [-0.2, 0) is 0 Å². The van der Waals surface area contributed by atoms with Gasteiger partial charge in [-0.1, -0.05) is 18.2 Å². The van der Waals surface area contributed by atoms with Crippen molar-refractivity contribution >= 4 is 34.6 Å². The summed E-state index contributed by atoms with van der Waals surface area (Å²) in [5, 5.41) is 17.0. The van der Waals surface area contributed by atoms with Crippen LogP contribution >= 0.6 is 11.8 Å².